The molecule has 2 aromatic carbocycles. The maximum atomic E-state index is 12.3. The van der Waals surface area contributed by atoms with Crippen LogP contribution in [0.5, 0.6) is 0 Å². The van der Waals surface area contributed by atoms with Crippen molar-refractivity contribution < 1.29 is 18.3 Å². The highest BCUT2D eigenvalue weighted by atomic mass is 32.2. The molecule has 7 heteroatoms. The number of rotatable bonds is 4. The molecule has 0 unspecified atom stereocenters. The Morgan fingerprint density at radius 3 is 2.55 bits per heavy atom. The van der Waals surface area contributed by atoms with Crippen LogP contribution in [0.3, 0.4) is 0 Å². The molecule has 2 rings (SSSR count). The third-order valence-corrected chi connectivity index (χ3v) is 4.35. The second-order valence-corrected chi connectivity index (χ2v) is 6.26. The molecule has 0 saturated heterocycles. The molecule has 0 atom stereocenters. The predicted molar refractivity (Wildman–Crippen MR) is 80.1 cm³/mol. The molecule has 0 radical (unpaired) electrons. The fourth-order valence-corrected chi connectivity index (χ4v) is 3.02. The lowest BCUT2D eigenvalue weighted by atomic mass is 10.1. The highest BCUT2D eigenvalue weighted by molar-refractivity contribution is 7.92. The van der Waals surface area contributed by atoms with E-state index in [2.05, 4.69) is 4.72 Å². The number of sulfonamides is 1. The number of nitrogens with one attached hydrogen (secondary N) is 1. The first-order valence-electron chi connectivity index (χ1n) is 6.20. The highest BCUT2D eigenvalue weighted by Gasteiger charge is 2.16. The number of nitriles is 1. The molecular weight excluding hydrogens is 304 g/mol. The summed E-state index contributed by atoms with van der Waals surface area (Å²) in [5, 5.41) is 17.7. The van der Waals surface area contributed by atoms with Crippen LogP contribution in [0, 0.1) is 18.3 Å². The van der Waals surface area contributed by atoms with Gasteiger partial charge in [0.25, 0.3) is 10.0 Å². The molecule has 0 fully saturated rings. The van der Waals surface area contributed by atoms with Crippen LogP contribution in [-0.4, -0.2) is 19.5 Å². The van der Waals surface area contributed by atoms with Crippen molar-refractivity contribution in [2.75, 3.05) is 4.72 Å². The van der Waals surface area contributed by atoms with E-state index in [1.165, 1.54) is 42.5 Å². The van der Waals surface area contributed by atoms with Gasteiger partial charge in [0, 0.05) is 0 Å². The van der Waals surface area contributed by atoms with Gasteiger partial charge < -0.3 is 5.11 Å². The number of hydrogen-bond acceptors (Lipinski definition) is 4. The van der Waals surface area contributed by atoms with Crippen molar-refractivity contribution in [2.24, 2.45) is 0 Å². The Morgan fingerprint density at radius 2 is 1.95 bits per heavy atom. The molecule has 0 aliphatic heterocycles. The summed E-state index contributed by atoms with van der Waals surface area (Å²) in [5.74, 6) is -1.08. The van der Waals surface area contributed by atoms with Crippen LogP contribution < -0.4 is 4.72 Å². The van der Waals surface area contributed by atoms with Crippen molar-refractivity contribution in [3.05, 3.63) is 59.2 Å². The van der Waals surface area contributed by atoms with Crippen molar-refractivity contribution in [3.8, 4) is 6.07 Å². The van der Waals surface area contributed by atoms with Gasteiger partial charge in [-0.25, -0.2) is 13.2 Å². The standard InChI is InChI=1S/C15H12N2O4S/c1-10-7-12(15(18)19)5-6-14(10)17-22(20,21)13-4-2-3-11(8-13)9-16/h2-8,17H,1H3,(H,18,19). The average Bonchev–Trinajstić information content (AvgIpc) is 2.49. The summed E-state index contributed by atoms with van der Waals surface area (Å²) in [6.45, 7) is 1.61. The zero-order chi connectivity index (χ0) is 16.3. The van der Waals surface area contributed by atoms with Crippen LogP contribution >= 0.6 is 0 Å². The van der Waals surface area contributed by atoms with Gasteiger partial charge in [-0.15, -0.1) is 0 Å². The summed E-state index contributed by atoms with van der Waals surface area (Å²) in [5.41, 5.74) is 1.08. The number of aryl methyl sites for hydroxylation is 1. The van der Waals surface area contributed by atoms with Crippen LogP contribution in [0.4, 0.5) is 5.69 Å². The number of anilines is 1. The van der Waals surface area contributed by atoms with Gasteiger partial charge >= 0.3 is 5.97 Å². The first-order valence-corrected chi connectivity index (χ1v) is 7.69. The third kappa shape index (κ3) is 3.24. The third-order valence-electron chi connectivity index (χ3n) is 2.99. The van der Waals surface area contributed by atoms with E-state index in [0.29, 0.717) is 5.56 Å². The minimum absolute atomic E-state index is 0.0340. The van der Waals surface area contributed by atoms with Crippen molar-refractivity contribution in [3.63, 3.8) is 0 Å². The SMILES string of the molecule is Cc1cc(C(=O)O)ccc1NS(=O)(=O)c1cccc(C#N)c1. The number of carboxylic acids is 1. The number of carboxylic acid groups (broad SMARTS) is 1. The molecule has 0 spiro atoms. The fourth-order valence-electron chi connectivity index (χ4n) is 1.85. The van der Waals surface area contributed by atoms with Crippen molar-refractivity contribution in [2.45, 2.75) is 11.8 Å². The van der Waals surface area contributed by atoms with Gasteiger partial charge in [-0.1, -0.05) is 6.07 Å². The number of hydrogen-bond donors (Lipinski definition) is 2. The van der Waals surface area contributed by atoms with E-state index in [0.717, 1.165) is 0 Å². The summed E-state index contributed by atoms with van der Waals surface area (Å²) in [4.78, 5) is 10.8. The predicted octanol–water partition coefficient (Wildman–Crippen LogP) is 2.37. The fraction of sp³-hybridized carbons (Fsp3) is 0.0667. The average molecular weight is 316 g/mol. The Kier molecular flexibility index (Phi) is 4.15. The molecule has 0 aliphatic carbocycles. The van der Waals surface area contributed by atoms with E-state index in [-0.39, 0.29) is 21.7 Å². The van der Waals surface area contributed by atoms with Crippen molar-refractivity contribution in [1.82, 2.24) is 0 Å². The quantitative estimate of drug-likeness (QED) is 0.900. The normalized spacial score (nSPS) is 10.7. The Bertz CT molecular complexity index is 883. The van der Waals surface area contributed by atoms with Crippen LogP contribution in [0.15, 0.2) is 47.4 Å². The zero-order valence-corrected chi connectivity index (χ0v) is 12.4. The van der Waals surface area contributed by atoms with E-state index < -0.39 is 16.0 Å². The van der Waals surface area contributed by atoms with Crippen LogP contribution in [0.1, 0.15) is 21.5 Å². The molecule has 112 valence electrons. The molecule has 2 aromatic rings. The lowest BCUT2D eigenvalue weighted by Gasteiger charge is -2.11. The molecule has 2 N–H and O–H groups in total. The molecule has 0 amide bonds. The monoisotopic (exact) mass is 316 g/mol. The lowest BCUT2D eigenvalue weighted by Crippen LogP contribution is -2.14. The molecule has 6 nitrogen and oxygen atoms in total. The molecule has 0 heterocycles. The van der Waals surface area contributed by atoms with E-state index in [9.17, 15) is 13.2 Å². The zero-order valence-electron chi connectivity index (χ0n) is 11.6. The molecule has 0 aliphatic rings. The summed E-state index contributed by atoms with van der Waals surface area (Å²) < 4.78 is 27.0. The Morgan fingerprint density at radius 1 is 1.23 bits per heavy atom. The van der Waals surface area contributed by atoms with Gasteiger partial charge in [0.2, 0.25) is 0 Å². The first-order chi connectivity index (χ1) is 10.3. The minimum atomic E-state index is -3.85. The highest BCUT2D eigenvalue weighted by Crippen LogP contribution is 2.21. The minimum Gasteiger partial charge on any atom is -0.478 e. The smallest absolute Gasteiger partial charge is 0.335 e. The molecule has 22 heavy (non-hydrogen) atoms. The summed E-state index contributed by atoms with van der Waals surface area (Å²) >= 11 is 0. The summed E-state index contributed by atoms with van der Waals surface area (Å²) in [6.07, 6.45) is 0. The maximum absolute atomic E-state index is 12.3. The largest absolute Gasteiger partial charge is 0.478 e. The number of carbonyl (C=O) groups is 1. The Labute approximate surface area is 127 Å². The number of aromatic carboxylic acids is 1. The topological polar surface area (TPSA) is 107 Å². The summed E-state index contributed by atoms with van der Waals surface area (Å²) in [7, 11) is -3.85. The molecule has 0 bridgehead atoms. The van der Waals surface area contributed by atoms with Gasteiger partial charge in [0.15, 0.2) is 0 Å². The summed E-state index contributed by atoms with van der Waals surface area (Å²) in [6, 6.07) is 11.6. The first kappa shape index (κ1) is 15.5. The van der Waals surface area contributed by atoms with Gasteiger partial charge in [-0.05, 0) is 48.9 Å². The maximum Gasteiger partial charge on any atom is 0.335 e. The number of benzene rings is 2. The van der Waals surface area contributed by atoms with E-state index >= 15 is 0 Å². The Balaban J connectivity index is 2.37. The van der Waals surface area contributed by atoms with Crippen LogP contribution in [0.2, 0.25) is 0 Å². The Hall–Kier alpha value is -2.85. The van der Waals surface area contributed by atoms with Crippen LogP contribution in [0.25, 0.3) is 0 Å². The molecule has 0 aromatic heterocycles. The lowest BCUT2D eigenvalue weighted by molar-refractivity contribution is 0.0697. The van der Waals surface area contributed by atoms with E-state index in [1.54, 1.807) is 6.92 Å². The second-order valence-electron chi connectivity index (χ2n) is 4.58. The van der Waals surface area contributed by atoms with Gasteiger partial charge in [-0.2, -0.15) is 5.26 Å². The van der Waals surface area contributed by atoms with E-state index in [1.807, 2.05) is 6.07 Å². The van der Waals surface area contributed by atoms with E-state index in [4.69, 9.17) is 10.4 Å². The van der Waals surface area contributed by atoms with Crippen LogP contribution in [-0.2, 0) is 10.0 Å². The second kappa shape index (κ2) is 5.87. The van der Waals surface area contributed by atoms with Crippen molar-refractivity contribution in [1.29, 1.82) is 5.26 Å². The van der Waals surface area contributed by atoms with Crippen molar-refractivity contribution >= 4 is 21.7 Å². The van der Waals surface area contributed by atoms with Gasteiger partial charge in [0.1, 0.15) is 0 Å². The molecule has 0 saturated carbocycles. The molecular formula is C15H12N2O4S. The van der Waals surface area contributed by atoms with Gasteiger partial charge in [-0.3, -0.25) is 4.72 Å². The van der Waals surface area contributed by atoms with Gasteiger partial charge in [0.05, 0.1) is 27.8 Å². The number of nitrogens with zero attached hydrogens (tertiary/aromatic N) is 1.